The lowest BCUT2D eigenvalue weighted by molar-refractivity contribution is -0.141. The number of carboxylic acid groups (broad SMARTS) is 1. The first-order chi connectivity index (χ1) is 8.95. The van der Waals surface area contributed by atoms with E-state index in [2.05, 4.69) is 4.98 Å². The molecule has 0 aliphatic heterocycles. The van der Waals surface area contributed by atoms with E-state index >= 15 is 0 Å². The number of nitrogens with zero attached hydrogens (tertiary/aromatic N) is 1. The van der Waals surface area contributed by atoms with Crippen molar-refractivity contribution in [2.24, 2.45) is 0 Å². The molecule has 0 fully saturated rings. The van der Waals surface area contributed by atoms with Crippen LogP contribution in [0, 0.1) is 0 Å². The van der Waals surface area contributed by atoms with Crippen molar-refractivity contribution < 1.29 is 29.6 Å². The van der Waals surface area contributed by atoms with Gasteiger partial charge >= 0.3 is 11.9 Å². The van der Waals surface area contributed by atoms with Crippen LogP contribution < -0.4 is 0 Å². The summed E-state index contributed by atoms with van der Waals surface area (Å²) < 4.78 is 4.77. The molecule has 0 saturated carbocycles. The SMILES string of the molecule is CCOC(=O)c1cncc(C(O)C(O)CC(=O)O)c1. The molecular formula is C12H15NO6. The molecular weight excluding hydrogens is 254 g/mol. The number of esters is 1. The lowest BCUT2D eigenvalue weighted by atomic mass is 10.0. The molecule has 0 amide bonds. The number of ether oxygens (including phenoxy) is 1. The molecule has 0 spiro atoms. The third-order valence-corrected chi connectivity index (χ3v) is 2.36. The predicted molar refractivity (Wildman–Crippen MR) is 63.4 cm³/mol. The highest BCUT2D eigenvalue weighted by Gasteiger charge is 2.22. The molecule has 0 radical (unpaired) electrons. The van der Waals surface area contributed by atoms with Gasteiger partial charge in [-0.2, -0.15) is 0 Å². The molecule has 1 heterocycles. The van der Waals surface area contributed by atoms with Gasteiger partial charge in [0.25, 0.3) is 0 Å². The largest absolute Gasteiger partial charge is 0.481 e. The Bertz CT molecular complexity index is 461. The monoisotopic (exact) mass is 269 g/mol. The topological polar surface area (TPSA) is 117 Å². The van der Waals surface area contributed by atoms with E-state index in [4.69, 9.17) is 9.84 Å². The molecule has 104 valence electrons. The highest BCUT2D eigenvalue weighted by Crippen LogP contribution is 2.19. The number of aromatic nitrogens is 1. The first-order valence-corrected chi connectivity index (χ1v) is 5.65. The van der Waals surface area contributed by atoms with Gasteiger partial charge in [0.2, 0.25) is 0 Å². The number of rotatable bonds is 6. The zero-order valence-electron chi connectivity index (χ0n) is 10.3. The van der Waals surface area contributed by atoms with Crippen molar-refractivity contribution in [3.8, 4) is 0 Å². The van der Waals surface area contributed by atoms with Crippen molar-refractivity contribution in [1.29, 1.82) is 0 Å². The molecule has 7 heteroatoms. The highest BCUT2D eigenvalue weighted by atomic mass is 16.5. The first kappa shape index (κ1) is 15.1. The van der Waals surface area contributed by atoms with Crippen molar-refractivity contribution in [3.63, 3.8) is 0 Å². The Labute approximate surface area is 109 Å². The zero-order valence-corrected chi connectivity index (χ0v) is 10.3. The zero-order chi connectivity index (χ0) is 14.4. The Morgan fingerprint density at radius 1 is 1.37 bits per heavy atom. The maximum absolute atomic E-state index is 11.5. The highest BCUT2D eigenvalue weighted by molar-refractivity contribution is 5.89. The van der Waals surface area contributed by atoms with Crippen LogP contribution >= 0.6 is 0 Å². The molecule has 0 aromatic carbocycles. The van der Waals surface area contributed by atoms with Gasteiger partial charge in [-0.3, -0.25) is 9.78 Å². The number of carbonyl (C=O) groups is 2. The molecule has 1 aromatic heterocycles. The van der Waals surface area contributed by atoms with Crippen LogP contribution in [0.3, 0.4) is 0 Å². The van der Waals surface area contributed by atoms with Crippen LogP contribution in [0.2, 0.25) is 0 Å². The second kappa shape index (κ2) is 6.81. The summed E-state index contributed by atoms with van der Waals surface area (Å²) in [5.74, 6) is -1.84. The maximum Gasteiger partial charge on any atom is 0.339 e. The van der Waals surface area contributed by atoms with Crippen LogP contribution in [0.25, 0.3) is 0 Å². The molecule has 2 unspecified atom stereocenters. The van der Waals surface area contributed by atoms with E-state index in [9.17, 15) is 19.8 Å². The van der Waals surface area contributed by atoms with Crippen LogP contribution in [0.4, 0.5) is 0 Å². The summed E-state index contributed by atoms with van der Waals surface area (Å²) in [5.41, 5.74) is 0.278. The van der Waals surface area contributed by atoms with Gasteiger partial charge in [0, 0.05) is 18.0 Å². The number of aliphatic hydroxyl groups excluding tert-OH is 2. The fourth-order valence-corrected chi connectivity index (χ4v) is 1.46. The number of hydrogen-bond donors (Lipinski definition) is 3. The Hall–Kier alpha value is -1.99. The number of carbonyl (C=O) groups excluding carboxylic acids is 1. The van der Waals surface area contributed by atoms with Crippen LogP contribution in [0.5, 0.6) is 0 Å². The summed E-state index contributed by atoms with van der Waals surface area (Å²) in [5, 5.41) is 27.8. The molecule has 0 bridgehead atoms. The molecule has 7 nitrogen and oxygen atoms in total. The van der Waals surface area contributed by atoms with Gasteiger partial charge < -0.3 is 20.1 Å². The molecule has 1 rings (SSSR count). The minimum Gasteiger partial charge on any atom is -0.481 e. The normalized spacial score (nSPS) is 13.6. The van der Waals surface area contributed by atoms with E-state index in [0.717, 1.165) is 0 Å². The van der Waals surface area contributed by atoms with Crippen LogP contribution in [-0.4, -0.2) is 45.0 Å². The predicted octanol–water partition coefficient (Wildman–Crippen LogP) is 0.127. The van der Waals surface area contributed by atoms with Gasteiger partial charge in [-0.1, -0.05) is 0 Å². The van der Waals surface area contributed by atoms with Crippen molar-refractivity contribution >= 4 is 11.9 Å². The number of hydrogen-bond acceptors (Lipinski definition) is 6. The average Bonchev–Trinajstić information content (AvgIpc) is 2.37. The molecule has 0 aliphatic rings. The fourth-order valence-electron chi connectivity index (χ4n) is 1.46. The Morgan fingerprint density at radius 2 is 2.05 bits per heavy atom. The molecule has 2 atom stereocenters. The third kappa shape index (κ3) is 4.31. The Morgan fingerprint density at radius 3 is 2.63 bits per heavy atom. The summed E-state index contributed by atoms with van der Waals surface area (Å²) in [6.45, 7) is 1.86. The third-order valence-electron chi connectivity index (χ3n) is 2.36. The number of aliphatic carboxylic acids is 1. The van der Waals surface area contributed by atoms with Gasteiger partial charge in [0.05, 0.1) is 24.7 Å². The number of aliphatic hydroxyl groups is 2. The van der Waals surface area contributed by atoms with Gasteiger partial charge in [0.1, 0.15) is 6.10 Å². The minimum absolute atomic E-state index is 0.126. The number of pyridine rings is 1. The minimum atomic E-state index is -1.48. The number of carboxylic acids is 1. The lowest BCUT2D eigenvalue weighted by Gasteiger charge is -2.16. The summed E-state index contributed by atoms with van der Waals surface area (Å²) >= 11 is 0. The van der Waals surface area contributed by atoms with Crippen molar-refractivity contribution in [2.75, 3.05) is 6.61 Å². The van der Waals surface area contributed by atoms with Gasteiger partial charge in [-0.25, -0.2) is 4.79 Å². The van der Waals surface area contributed by atoms with E-state index < -0.39 is 30.6 Å². The van der Waals surface area contributed by atoms with Crippen molar-refractivity contribution in [2.45, 2.75) is 25.6 Å². The quantitative estimate of drug-likeness (QED) is 0.628. The molecule has 0 saturated heterocycles. The average molecular weight is 269 g/mol. The van der Waals surface area contributed by atoms with Crippen molar-refractivity contribution in [1.82, 2.24) is 4.98 Å². The van der Waals surface area contributed by atoms with E-state index in [1.165, 1.54) is 18.5 Å². The van der Waals surface area contributed by atoms with Gasteiger partial charge in [0.15, 0.2) is 0 Å². The second-order valence-corrected chi connectivity index (χ2v) is 3.84. The summed E-state index contributed by atoms with van der Waals surface area (Å²) in [6.07, 6.45) is -1.00. The molecule has 0 aliphatic carbocycles. The van der Waals surface area contributed by atoms with Crippen LogP contribution in [0.1, 0.15) is 35.4 Å². The molecule has 19 heavy (non-hydrogen) atoms. The van der Waals surface area contributed by atoms with Crippen molar-refractivity contribution in [3.05, 3.63) is 29.6 Å². The summed E-state index contributed by atoms with van der Waals surface area (Å²) in [4.78, 5) is 25.7. The van der Waals surface area contributed by atoms with E-state index in [1.54, 1.807) is 6.92 Å². The van der Waals surface area contributed by atoms with Gasteiger partial charge in [-0.15, -0.1) is 0 Å². The van der Waals surface area contributed by atoms with Crippen LogP contribution in [-0.2, 0) is 9.53 Å². The molecule has 1 aromatic rings. The smallest absolute Gasteiger partial charge is 0.339 e. The van der Waals surface area contributed by atoms with E-state index in [0.29, 0.717) is 0 Å². The Balaban J connectivity index is 2.86. The summed E-state index contributed by atoms with van der Waals surface area (Å²) in [7, 11) is 0. The second-order valence-electron chi connectivity index (χ2n) is 3.84. The Kier molecular flexibility index (Phi) is 5.40. The van der Waals surface area contributed by atoms with E-state index in [-0.39, 0.29) is 17.7 Å². The maximum atomic E-state index is 11.5. The summed E-state index contributed by atoms with van der Waals surface area (Å²) in [6, 6.07) is 1.31. The fraction of sp³-hybridized carbons (Fsp3) is 0.417. The van der Waals surface area contributed by atoms with E-state index in [1.807, 2.05) is 0 Å². The van der Waals surface area contributed by atoms with Crippen LogP contribution in [0.15, 0.2) is 18.5 Å². The standard InChI is InChI=1S/C12H15NO6/c1-2-19-12(18)8-3-7(5-13-6-8)11(17)9(14)4-10(15)16/h3,5-6,9,11,14,17H,2,4H2,1H3,(H,15,16). The first-order valence-electron chi connectivity index (χ1n) is 5.65. The molecule has 3 N–H and O–H groups in total. The lowest BCUT2D eigenvalue weighted by Crippen LogP contribution is -2.22. The van der Waals surface area contributed by atoms with Gasteiger partial charge in [-0.05, 0) is 13.0 Å².